The van der Waals surface area contributed by atoms with Crippen LogP contribution in [0.25, 0.3) is 11.0 Å². The van der Waals surface area contributed by atoms with Gasteiger partial charge in [-0.3, -0.25) is 4.79 Å². The highest BCUT2D eigenvalue weighted by molar-refractivity contribution is 5.81. The molecule has 3 rings (SSSR count). The molecule has 0 saturated carbocycles. The number of aromatic nitrogens is 2. The predicted octanol–water partition coefficient (Wildman–Crippen LogP) is 1.91. The molecular weight excluding hydrogens is 316 g/mol. The Labute approximate surface area is 149 Å². The van der Waals surface area contributed by atoms with E-state index in [-0.39, 0.29) is 5.91 Å². The maximum Gasteiger partial charge on any atom is 0.242 e. The molecule has 0 spiro atoms. The molecule has 2 heterocycles. The summed E-state index contributed by atoms with van der Waals surface area (Å²) in [6.45, 7) is 5.59. The first-order valence-electron chi connectivity index (χ1n) is 8.99. The molecular formula is C19H28N4O2. The summed E-state index contributed by atoms with van der Waals surface area (Å²) in [6.07, 6.45) is 2.05. The number of aryl methyl sites for hydroxylation is 1. The fourth-order valence-corrected chi connectivity index (χ4v) is 3.63. The Morgan fingerprint density at radius 2 is 2.04 bits per heavy atom. The van der Waals surface area contributed by atoms with Crippen molar-refractivity contribution in [2.24, 2.45) is 0 Å². The van der Waals surface area contributed by atoms with Gasteiger partial charge in [-0.1, -0.05) is 12.1 Å². The van der Waals surface area contributed by atoms with Crippen molar-refractivity contribution < 1.29 is 9.53 Å². The third kappa shape index (κ3) is 4.02. The summed E-state index contributed by atoms with van der Waals surface area (Å²) in [5, 5.41) is 0. The van der Waals surface area contributed by atoms with Gasteiger partial charge in [0.25, 0.3) is 0 Å². The van der Waals surface area contributed by atoms with E-state index in [4.69, 9.17) is 4.74 Å². The van der Waals surface area contributed by atoms with E-state index in [1.165, 1.54) is 0 Å². The van der Waals surface area contributed by atoms with Gasteiger partial charge in [0.1, 0.15) is 12.4 Å². The van der Waals surface area contributed by atoms with E-state index >= 15 is 0 Å². The SMILES string of the molecule is COCCN(C(=O)Cn1c(C)nc2ccccc21)C1CCN(C)CC1. The van der Waals surface area contributed by atoms with Crippen LogP contribution in [-0.2, 0) is 16.1 Å². The van der Waals surface area contributed by atoms with Gasteiger partial charge in [-0.2, -0.15) is 0 Å². The second-order valence-electron chi connectivity index (χ2n) is 6.85. The van der Waals surface area contributed by atoms with Gasteiger partial charge in [-0.05, 0) is 52.0 Å². The minimum absolute atomic E-state index is 0.151. The quantitative estimate of drug-likeness (QED) is 0.803. The molecule has 0 N–H and O–H groups in total. The summed E-state index contributed by atoms with van der Waals surface area (Å²) in [4.78, 5) is 22.0. The van der Waals surface area contributed by atoms with Crippen LogP contribution in [0.2, 0.25) is 0 Å². The number of rotatable bonds is 6. The van der Waals surface area contributed by atoms with Crippen LogP contribution in [0.5, 0.6) is 0 Å². The number of imidazole rings is 1. The molecule has 1 amide bonds. The number of hydrogen-bond acceptors (Lipinski definition) is 4. The van der Waals surface area contributed by atoms with Gasteiger partial charge in [-0.25, -0.2) is 4.98 Å². The smallest absolute Gasteiger partial charge is 0.242 e. The Bertz CT molecular complexity index is 719. The topological polar surface area (TPSA) is 50.6 Å². The number of methoxy groups -OCH3 is 1. The Morgan fingerprint density at radius 3 is 2.76 bits per heavy atom. The molecule has 0 aliphatic carbocycles. The molecule has 0 bridgehead atoms. The first-order chi connectivity index (χ1) is 12.1. The van der Waals surface area contributed by atoms with Crippen LogP contribution >= 0.6 is 0 Å². The number of nitrogens with zero attached hydrogens (tertiary/aromatic N) is 4. The molecule has 136 valence electrons. The number of carbonyl (C=O) groups excluding carboxylic acids is 1. The molecule has 1 fully saturated rings. The zero-order valence-electron chi connectivity index (χ0n) is 15.4. The van der Waals surface area contributed by atoms with Crippen molar-refractivity contribution in [2.45, 2.75) is 32.4 Å². The lowest BCUT2D eigenvalue weighted by molar-refractivity contribution is -0.135. The van der Waals surface area contributed by atoms with Gasteiger partial charge in [-0.15, -0.1) is 0 Å². The maximum absolute atomic E-state index is 13.1. The molecule has 1 aromatic carbocycles. The Kier molecular flexibility index (Phi) is 5.71. The van der Waals surface area contributed by atoms with Crippen LogP contribution in [0.3, 0.4) is 0 Å². The molecule has 0 unspecified atom stereocenters. The molecule has 1 aliphatic rings. The monoisotopic (exact) mass is 344 g/mol. The summed E-state index contributed by atoms with van der Waals surface area (Å²) >= 11 is 0. The van der Waals surface area contributed by atoms with E-state index in [1.807, 2.05) is 40.7 Å². The Hall–Kier alpha value is -1.92. The van der Waals surface area contributed by atoms with E-state index in [9.17, 15) is 4.79 Å². The van der Waals surface area contributed by atoms with Crippen molar-refractivity contribution in [1.82, 2.24) is 19.4 Å². The second kappa shape index (κ2) is 7.97. The number of amides is 1. The summed E-state index contributed by atoms with van der Waals surface area (Å²) < 4.78 is 7.26. The van der Waals surface area contributed by atoms with Crippen LogP contribution in [0, 0.1) is 6.92 Å². The summed E-state index contributed by atoms with van der Waals surface area (Å²) in [5.41, 5.74) is 1.96. The highest BCUT2D eigenvalue weighted by atomic mass is 16.5. The van der Waals surface area contributed by atoms with E-state index < -0.39 is 0 Å². The average molecular weight is 344 g/mol. The van der Waals surface area contributed by atoms with Crippen LogP contribution in [0.1, 0.15) is 18.7 Å². The van der Waals surface area contributed by atoms with E-state index in [1.54, 1.807) is 7.11 Å². The summed E-state index contributed by atoms with van der Waals surface area (Å²) in [7, 11) is 3.82. The van der Waals surface area contributed by atoms with Crippen molar-refractivity contribution in [3.63, 3.8) is 0 Å². The van der Waals surface area contributed by atoms with Gasteiger partial charge in [0, 0.05) is 19.7 Å². The van der Waals surface area contributed by atoms with Gasteiger partial charge in [0.05, 0.1) is 17.6 Å². The highest BCUT2D eigenvalue weighted by Crippen LogP contribution is 2.19. The van der Waals surface area contributed by atoms with Crippen LogP contribution in [0.4, 0.5) is 0 Å². The van der Waals surface area contributed by atoms with E-state index in [2.05, 4.69) is 16.9 Å². The Morgan fingerprint density at radius 1 is 1.32 bits per heavy atom. The second-order valence-corrected chi connectivity index (χ2v) is 6.85. The zero-order chi connectivity index (χ0) is 17.8. The van der Waals surface area contributed by atoms with E-state index in [0.717, 1.165) is 42.8 Å². The number of benzene rings is 1. The van der Waals surface area contributed by atoms with Crippen molar-refractivity contribution in [1.29, 1.82) is 0 Å². The van der Waals surface area contributed by atoms with Gasteiger partial charge < -0.3 is 19.1 Å². The Balaban J connectivity index is 1.78. The predicted molar refractivity (Wildman–Crippen MR) is 98.6 cm³/mol. The van der Waals surface area contributed by atoms with E-state index in [0.29, 0.717) is 25.7 Å². The zero-order valence-corrected chi connectivity index (χ0v) is 15.4. The standard InChI is InChI=1S/C19H28N4O2/c1-15-20-17-6-4-5-7-18(17)23(15)14-19(24)22(12-13-25-3)16-8-10-21(2)11-9-16/h4-7,16H,8-14H2,1-3H3. The van der Waals surface area contributed by atoms with Gasteiger partial charge >= 0.3 is 0 Å². The molecule has 1 saturated heterocycles. The van der Waals surface area contributed by atoms with Crippen LogP contribution in [0.15, 0.2) is 24.3 Å². The van der Waals surface area contributed by atoms with Crippen molar-refractivity contribution in [3.8, 4) is 0 Å². The number of likely N-dealkylation sites (tertiary alicyclic amines) is 1. The number of carbonyl (C=O) groups is 1. The third-order valence-electron chi connectivity index (χ3n) is 5.12. The lowest BCUT2D eigenvalue weighted by Gasteiger charge is -2.37. The van der Waals surface area contributed by atoms with Crippen molar-refractivity contribution >= 4 is 16.9 Å². The fraction of sp³-hybridized carbons (Fsp3) is 0.579. The fourth-order valence-electron chi connectivity index (χ4n) is 3.63. The minimum atomic E-state index is 0.151. The average Bonchev–Trinajstić information content (AvgIpc) is 2.92. The first kappa shape index (κ1) is 17.9. The van der Waals surface area contributed by atoms with Crippen LogP contribution < -0.4 is 0 Å². The van der Waals surface area contributed by atoms with Gasteiger partial charge in [0.2, 0.25) is 5.91 Å². The number of piperidine rings is 1. The lowest BCUT2D eigenvalue weighted by Crippen LogP contribution is -2.48. The summed E-state index contributed by atoms with van der Waals surface area (Å²) in [5.74, 6) is 1.03. The molecule has 6 nitrogen and oxygen atoms in total. The molecule has 25 heavy (non-hydrogen) atoms. The third-order valence-corrected chi connectivity index (χ3v) is 5.12. The van der Waals surface area contributed by atoms with Gasteiger partial charge in [0.15, 0.2) is 0 Å². The largest absolute Gasteiger partial charge is 0.383 e. The lowest BCUT2D eigenvalue weighted by atomic mass is 10.0. The molecule has 0 atom stereocenters. The minimum Gasteiger partial charge on any atom is -0.383 e. The van der Waals surface area contributed by atoms with Crippen molar-refractivity contribution in [3.05, 3.63) is 30.1 Å². The first-order valence-corrected chi connectivity index (χ1v) is 8.99. The maximum atomic E-state index is 13.1. The van der Waals surface area contributed by atoms with Crippen LogP contribution in [-0.4, -0.2) is 71.7 Å². The number of ether oxygens (including phenoxy) is 1. The molecule has 0 radical (unpaired) electrons. The normalized spacial score (nSPS) is 16.4. The number of fused-ring (bicyclic) bond motifs is 1. The summed E-state index contributed by atoms with van der Waals surface area (Å²) in [6, 6.07) is 8.28. The highest BCUT2D eigenvalue weighted by Gasteiger charge is 2.27. The molecule has 2 aromatic rings. The van der Waals surface area contributed by atoms with Crippen molar-refractivity contribution in [2.75, 3.05) is 40.4 Å². The number of hydrogen-bond donors (Lipinski definition) is 0. The number of para-hydroxylation sites is 2. The molecule has 1 aromatic heterocycles. The molecule has 6 heteroatoms. The molecule has 1 aliphatic heterocycles.